The van der Waals surface area contributed by atoms with Crippen LogP contribution in [-0.2, 0) is 0 Å². The summed E-state index contributed by atoms with van der Waals surface area (Å²) in [4.78, 5) is 16.4. The topological polar surface area (TPSA) is 63.2 Å². The van der Waals surface area contributed by atoms with Gasteiger partial charge in [0.2, 0.25) is 0 Å². The van der Waals surface area contributed by atoms with Gasteiger partial charge in [-0.3, -0.25) is 10.1 Å². The predicted octanol–water partition coefficient (Wildman–Crippen LogP) is 4.22. The average Bonchev–Trinajstić information content (AvgIpc) is 3.10. The summed E-state index contributed by atoms with van der Waals surface area (Å²) in [6.45, 7) is 0. The molecule has 9 heteroatoms. The van der Waals surface area contributed by atoms with Gasteiger partial charge in [0.25, 0.3) is 5.91 Å². The minimum absolute atomic E-state index is 0.0473. The average molecular weight is 405 g/mol. The van der Waals surface area contributed by atoms with E-state index in [2.05, 4.69) is 15.6 Å². The van der Waals surface area contributed by atoms with Crippen LogP contribution in [0.15, 0.2) is 47.8 Å². The third-order valence-corrected chi connectivity index (χ3v) is 4.47. The number of anilines is 1. The van der Waals surface area contributed by atoms with Gasteiger partial charge in [0, 0.05) is 16.5 Å². The minimum atomic E-state index is -0.486. The Bertz CT molecular complexity index is 991. The number of thiocarbonyl (C=S) groups is 1. The van der Waals surface area contributed by atoms with Gasteiger partial charge in [0.05, 0.1) is 12.8 Å². The van der Waals surface area contributed by atoms with Crippen molar-refractivity contribution < 1.29 is 18.3 Å². The SMILES string of the molecule is COc1ccc(-c2csc(NC(=S)NC(=O)c3ccc(F)cc3)n2)cc1F. The van der Waals surface area contributed by atoms with Crippen LogP contribution in [0.1, 0.15) is 10.4 Å². The van der Waals surface area contributed by atoms with E-state index in [4.69, 9.17) is 17.0 Å². The molecular formula is C18H13F2N3O2S2. The fourth-order valence-electron chi connectivity index (χ4n) is 2.19. The second-order valence-corrected chi connectivity index (χ2v) is 6.57. The lowest BCUT2D eigenvalue weighted by Gasteiger charge is -2.07. The quantitative estimate of drug-likeness (QED) is 0.637. The Morgan fingerprint density at radius 1 is 1.19 bits per heavy atom. The lowest BCUT2D eigenvalue weighted by molar-refractivity contribution is 0.0977. The van der Waals surface area contributed by atoms with Crippen molar-refractivity contribution >= 4 is 39.7 Å². The van der Waals surface area contributed by atoms with Gasteiger partial charge in [-0.15, -0.1) is 11.3 Å². The maximum Gasteiger partial charge on any atom is 0.257 e. The van der Waals surface area contributed by atoms with Gasteiger partial charge in [0.1, 0.15) is 5.82 Å². The lowest BCUT2D eigenvalue weighted by atomic mass is 10.1. The molecule has 2 N–H and O–H groups in total. The molecule has 0 unspecified atom stereocenters. The van der Waals surface area contributed by atoms with E-state index in [-0.39, 0.29) is 16.4 Å². The number of halogens is 2. The molecule has 1 amide bonds. The standard InChI is InChI=1S/C18H13F2N3O2S2/c1-25-15-7-4-11(8-13(15)20)14-9-27-18(21-14)23-17(26)22-16(24)10-2-5-12(19)6-3-10/h2-9H,1H3,(H2,21,22,23,24,26). The summed E-state index contributed by atoms with van der Waals surface area (Å²) in [6.07, 6.45) is 0. The Kier molecular flexibility index (Phi) is 5.72. The Morgan fingerprint density at radius 2 is 1.93 bits per heavy atom. The molecule has 0 saturated carbocycles. The molecule has 1 aromatic heterocycles. The van der Waals surface area contributed by atoms with Crippen molar-refractivity contribution in [1.82, 2.24) is 10.3 Å². The number of thiazole rings is 1. The van der Waals surface area contributed by atoms with Crippen molar-refractivity contribution in [3.05, 3.63) is 65.0 Å². The number of rotatable bonds is 4. The number of hydrogen-bond donors (Lipinski definition) is 2. The summed E-state index contributed by atoms with van der Waals surface area (Å²) >= 11 is 6.34. The number of aromatic nitrogens is 1. The van der Waals surface area contributed by atoms with Crippen molar-refractivity contribution in [1.29, 1.82) is 0 Å². The minimum Gasteiger partial charge on any atom is -0.494 e. The van der Waals surface area contributed by atoms with E-state index in [0.717, 1.165) is 0 Å². The lowest BCUT2D eigenvalue weighted by Crippen LogP contribution is -2.34. The van der Waals surface area contributed by atoms with Crippen LogP contribution >= 0.6 is 23.6 Å². The molecule has 0 spiro atoms. The molecule has 0 bridgehead atoms. The second kappa shape index (κ2) is 8.19. The van der Waals surface area contributed by atoms with Gasteiger partial charge < -0.3 is 10.1 Å². The summed E-state index contributed by atoms with van der Waals surface area (Å²) in [5, 5.41) is 7.50. The van der Waals surface area contributed by atoms with E-state index in [1.165, 1.54) is 54.8 Å². The number of amides is 1. The summed E-state index contributed by atoms with van der Waals surface area (Å²) < 4.78 is 31.6. The molecule has 0 radical (unpaired) electrons. The highest BCUT2D eigenvalue weighted by Gasteiger charge is 2.12. The van der Waals surface area contributed by atoms with Gasteiger partial charge in [0.15, 0.2) is 21.8 Å². The highest BCUT2D eigenvalue weighted by Crippen LogP contribution is 2.28. The predicted molar refractivity (Wildman–Crippen MR) is 104 cm³/mol. The van der Waals surface area contributed by atoms with Gasteiger partial charge >= 0.3 is 0 Å². The van der Waals surface area contributed by atoms with Crippen LogP contribution in [0.3, 0.4) is 0 Å². The molecule has 0 aliphatic carbocycles. The third-order valence-electron chi connectivity index (χ3n) is 3.51. The maximum absolute atomic E-state index is 13.8. The zero-order valence-electron chi connectivity index (χ0n) is 14.0. The highest BCUT2D eigenvalue weighted by atomic mass is 32.1. The van der Waals surface area contributed by atoms with Crippen molar-refractivity contribution in [2.45, 2.75) is 0 Å². The van der Waals surface area contributed by atoms with Crippen molar-refractivity contribution in [3.8, 4) is 17.0 Å². The molecule has 0 fully saturated rings. The number of nitrogens with one attached hydrogen (secondary N) is 2. The molecule has 0 aliphatic heterocycles. The molecule has 5 nitrogen and oxygen atoms in total. The summed E-state index contributed by atoms with van der Waals surface area (Å²) in [7, 11) is 1.39. The van der Waals surface area contributed by atoms with Gasteiger partial charge in [-0.05, 0) is 54.7 Å². The monoisotopic (exact) mass is 405 g/mol. The normalized spacial score (nSPS) is 10.3. The molecule has 3 rings (SSSR count). The number of nitrogens with zero attached hydrogens (tertiary/aromatic N) is 1. The molecular weight excluding hydrogens is 392 g/mol. The van der Waals surface area contributed by atoms with Crippen molar-refractivity contribution in [2.24, 2.45) is 0 Å². The van der Waals surface area contributed by atoms with E-state index in [0.29, 0.717) is 16.4 Å². The molecule has 0 atom stereocenters. The van der Waals surface area contributed by atoms with Crippen molar-refractivity contribution in [3.63, 3.8) is 0 Å². The Morgan fingerprint density at radius 3 is 2.59 bits per heavy atom. The summed E-state index contributed by atoms with van der Waals surface area (Å²) in [5.74, 6) is -1.24. The molecule has 3 aromatic rings. The maximum atomic E-state index is 13.8. The number of hydrogen-bond acceptors (Lipinski definition) is 5. The van der Waals surface area contributed by atoms with E-state index >= 15 is 0 Å². The molecule has 0 saturated heterocycles. The van der Waals surface area contributed by atoms with E-state index in [1.54, 1.807) is 11.4 Å². The van der Waals surface area contributed by atoms with Crippen molar-refractivity contribution in [2.75, 3.05) is 12.4 Å². The van der Waals surface area contributed by atoms with Crippen LogP contribution in [0.4, 0.5) is 13.9 Å². The van der Waals surface area contributed by atoms with E-state index in [9.17, 15) is 13.6 Å². The van der Waals surface area contributed by atoms with Crippen LogP contribution in [0, 0.1) is 11.6 Å². The fraction of sp³-hybridized carbons (Fsp3) is 0.0556. The first-order valence-electron chi connectivity index (χ1n) is 7.63. The van der Waals surface area contributed by atoms with Gasteiger partial charge in [-0.2, -0.15) is 0 Å². The van der Waals surface area contributed by atoms with Crippen LogP contribution in [-0.4, -0.2) is 23.1 Å². The largest absolute Gasteiger partial charge is 0.494 e. The molecule has 0 aliphatic rings. The third kappa shape index (κ3) is 4.63. The smallest absolute Gasteiger partial charge is 0.257 e. The zero-order valence-corrected chi connectivity index (χ0v) is 15.6. The summed E-state index contributed by atoms with van der Waals surface area (Å²) in [5.41, 5.74) is 1.41. The Labute approximate surface area is 163 Å². The van der Waals surface area contributed by atoms with E-state index in [1.807, 2.05) is 0 Å². The van der Waals surface area contributed by atoms with Crippen LogP contribution < -0.4 is 15.4 Å². The highest BCUT2D eigenvalue weighted by molar-refractivity contribution is 7.80. The number of benzene rings is 2. The first kappa shape index (κ1) is 18.9. The molecule has 2 aromatic carbocycles. The van der Waals surface area contributed by atoms with Crippen LogP contribution in [0.25, 0.3) is 11.3 Å². The zero-order chi connectivity index (χ0) is 19.4. The Hall–Kier alpha value is -2.91. The second-order valence-electron chi connectivity index (χ2n) is 5.30. The van der Waals surface area contributed by atoms with Crippen LogP contribution in [0.2, 0.25) is 0 Å². The molecule has 27 heavy (non-hydrogen) atoms. The van der Waals surface area contributed by atoms with Gasteiger partial charge in [-0.25, -0.2) is 13.8 Å². The Balaban J connectivity index is 1.65. The first-order chi connectivity index (χ1) is 13.0. The first-order valence-corrected chi connectivity index (χ1v) is 8.92. The molecule has 1 heterocycles. The molecule has 138 valence electrons. The number of carbonyl (C=O) groups excluding carboxylic acids is 1. The van der Waals surface area contributed by atoms with Crippen LogP contribution in [0.5, 0.6) is 5.75 Å². The van der Waals surface area contributed by atoms with Gasteiger partial charge in [-0.1, -0.05) is 0 Å². The number of methoxy groups -OCH3 is 1. The van der Waals surface area contributed by atoms with E-state index < -0.39 is 17.5 Å². The summed E-state index contributed by atoms with van der Waals surface area (Å²) in [6, 6.07) is 9.62. The number of ether oxygens (including phenoxy) is 1. The number of carbonyl (C=O) groups is 1. The fourth-order valence-corrected chi connectivity index (χ4v) is 3.17.